The van der Waals surface area contributed by atoms with Gasteiger partial charge < -0.3 is 0 Å². The van der Waals surface area contributed by atoms with E-state index in [1.165, 1.54) is 42.8 Å². The zero-order chi connectivity index (χ0) is 10.7. The molecule has 1 aromatic rings. The summed E-state index contributed by atoms with van der Waals surface area (Å²) in [6.45, 7) is 2.07. The molecular weight excluding hydrogens is 226 g/mol. The van der Waals surface area contributed by atoms with Crippen LogP contribution in [-0.2, 0) is 6.42 Å². The van der Waals surface area contributed by atoms with Gasteiger partial charge in [-0.15, -0.1) is 22.9 Å². The summed E-state index contributed by atoms with van der Waals surface area (Å²) in [7, 11) is 0. The third kappa shape index (κ3) is 3.18. The van der Waals surface area contributed by atoms with Crippen LogP contribution in [-0.4, -0.2) is 10.4 Å². The van der Waals surface area contributed by atoms with Crippen molar-refractivity contribution < 1.29 is 0 Å². The van der Waals surface area contributed by atoms with Crippen molar-refractivity contribution in [2.24, 2.45) is 5.92 Å². The Labute approximate surface area is 101 Å². The van der Waals surface area contributed by atoms with Crippen LogP contribution in [0.5, 0.6) is 0 Å². The number of hydrogen-bond acceptors (Lipinski definition) is 2. The van der Waals surface area contributed by atoms with Crippen LogP contribution < -0.4 is 0 Å². The molecule has 0 bridgehead atoms. The fourth-order valence-corrected chi connectivity index (χ4v) is 3.33. The quantitative estimate of drug-likeness (QED) is 0.561. The van der Waals surface area contributed by atoms with Crippen molar-refractivity contribution in [3.05, 3.63) is 16.1 Å². The minimum absolute atomic E-state index is 0.370. The van der Waals surface area contributed by atoms with Gasteiger partial charge in [0.05, 0.1) is 10.7 Å². The second-order valence-electron chi connectivity index (χ2n) is 4.48. The summed E-state index contributed by atoms with van der Waals surface area (Å²) in [6, 6.07) is 0. The Morgan fingerprint density at radius 2 is 2.20 bits per heavy atom. The van der Waals surface area contributed by atoms with E-state index >= 15 is 0 Å². The zero-order valence-corrected chi connectivity index (χ0v) is 10.8. The summed E-state index contributed by atoms with van der Waals surface area (Å²) < 4.78 is 0. The van der Waals surface area contributed by atoms with Gasteiger partial charge in [-0.3, -0.25) is 0 Å². The van der Waals surface area contributed by atoms with Crippen LogP contribution in [0.3, 0.4) is 0 Å². The molecular formula is C12H18ClNS. The average Bonchev–Trinajstić information content (AvgIpc) is 2.50. The Hall–Kier alpha value is -0.0800. The van der Waals surface area contributed by atoms with E-state index in [-0.39, 0.29) is 0 Å². The number of rotatable bonds is 2. The topological polar surface area (TPSA) is 12.9 Å². The Balaban J connectivity index is 1.97. The highest BCUT2D eigenvalue weighted by molar-refractivity contribution is 7.09. The second kappa shape index (κ2) is 5.31. The number of alkyl halides is 1. The lowest BCUT2D eigenvalue weighted by atomic mass is 9.95. The Bertz CT molecular complexity index is 310. The average molecular weight is 244 g/mol. The van der Waals surface area contributed by atoms with Crippen molar-refractivity contribution in [3.63, 3.8) is 0 Å². The summed E-state index contributed by atoms with van der Waals surface area (Å²) in [5.74, 6) is 0.649. The fourth-order valence-electron chi connectivity index (χ4n) is 2.34. The van der Waals surface area contributed by atoms with Gasteiger partial charge in [0, 0.05) is 10.8 Å². The predicted octanol–water partition coefficient (Wildman–Crippen LogP) is 4.18. The number of aromatic nitrogens is 1. The molecule has 0 radical (unpaired) electrons. The van der Waals surface area contributed by atoms with Gasteiger partial charge in [0.15, 0.2) is 0 Å². The number of halogens is 1. The molecule has 1 aliphatic rings. The first-order chi connectivity index (χ1) is 7.25. The number of nitrogens with zero attached hydrogens (tertiary/aromatic N) is 1. The van der Waals surface area contributed by atoms with Crippen LogP contribution in [0.4, 0.5) is 0 Å². The normalized spacial score (nSPS) is 27.6. The van der Waals surface area contributed by atoms with Gasteiger partial charge >= 0.3 is 0 Å². The Morgan fingerprint density at radius 3 is 2.93 bits per heavy atom. The summed E-state index contributed by atoms with van der Waals surface area (Å²) in [4.78, 5) is 4.53. The monoisotopic (exact) mass is 243 g/mol. The van der Waals surface area contributed by atoms with E-state index in [9.17, 15) is 0 Å². The number of aryl methyl sites for hydroxylation is 1. The van der Waals surface area contributed by atoms with Crippen molar-refractivity contribution in [2.45, 2.75) is 50.8 Å². The molecule has 1 fully saturated rings. The molecule has 0 aromatic carbocycles. The van der Waals surface area contributed by atoms with Gasteiger partial charge in [-0.2, -0.15) is 0 Å². The smallest absolute Gasteiger partial charge is 0.0897 e. The highest BCUT2D eigenvalue weighted by atomic mass is 35.5. The molecule has 1 nitrogen and oxygen atoms in total. The lowest BCUT2D eigenvalue weighted by Crippen LogP contribution is -2.16. The SMILES string of the molecule is Cc1nc(CC2CCCCCC2Cl)cs1. The van der Waals surface area contributed by atoms with Crippen molar-refractivity contribution >= 4 is 22.9 Å². The lowest BCUT2D eigenvalue weighted by Gasteiger charge is -2.18. The summed E-state index contributed by atoms with van der Waals surface area (Å²) in [5, 5.41) is 3.73. The first kappa shape index (κ1) is 11.4. The molecule has 3 heteroatoms. The Morgan fingerprint density at radius 1 is 1.40 bits per heavy atom. The van der Waals surface area contributed by atoms with E-state index < -0.39 is 0 Å². The summed E-state index contributed by atoms with van der Waals surface area (Å²) in [6.07, 6.45) is 7.56. The van der Waals surface area contributed by atoms with Gasteiger partial charge in [-0.05, 0) is 32.1 Å². The molecule has 84 valence electrons. The van der Waals surface area contributed by atoms with Crippen LogP contribution in [0.2, 0.25) is 0 Å². The van der Waals surface area contributed by atoms with E-state index in [0.29, 0.717) is 11.3 Å². The molecule has 0 aliphatic heterocycles. The summed E-state index contributed by atoms with van der Waals surface area (Å²) >= 11 is 8.16. The van der Waals surface area contributed by atoms with E-state index in [0.717, 1.165) is 6.42 Å². The van der Waals surface area contributed by atoms with Gasteiger partial charge in [0.25, 0.3) is 0 Å². The van der Waals surface area contributed by atoms with Crippen molar-refractivity contribution in [2.75, 3.05) is 0 Å². The van der Waals surface area contributed by atoms with Gasteiger partial charge in [-0.1, -0.05) is 19.3 Å². The standard InChI is InChI=1S/C12H18ClNS/c1-9-14-11(8-15-9)7-10-5-3-2-4-6-12(10)13/h8,10,12H,2-7H2,1H3. The molecule has 1 aliphatic carbocycles. The van der Waals surface area contributed by atoms with Gasteiger partial charge in [0.1, 0.15) is 0 Å². The van der Waals surface area contributed by atoms with E-state index in [2.05, 4.69) is 17.3 Å². The minimum Gasteiger partial charge on any atom is -0.247 e. The molecule has 0 spiro atoms. The maximum absolute atomic E-state index is 6.42. The maximum Gasteiger partial charge on any atom is 0.0897 e. The predicted molar refractivity (Wildman–Crippen MR) is 66.8 cm³/mol. The molecule has 2 unspecified atom stereocenters. The number of thiazole rings is 1. The largest absolute Gasteiger partial charge is 0.247 e. The third-order valence-electron chi connectivity index (χ3n) is 3.20. The molecule has 0 N–H and O–H groups in total. The molecule has 0 saturated heterocycles. The first-order valence-corrected chi connectivity index (χ1v) is 7.12. The van der Waals surface area contributed by atoms with Crippen LogP contribution in [0.15, 0.2) is 5.38 Å². The Kier molecular flexibility index (Phi) is 4.04. The second-order valence-corrected chi connectivity index (χ2v) is 6.10. The molecule has 1 saturated carbocycles. The highest BCUT2D eigenvalue weighted by Crippen LogP contribution is 2.30. The summed E-state index contributed by atoms with van der Waals surface area (Å²) in [5.41, 5.74) is 1.25. The van der Waals surface area contributed by atoms with Crippen LogP contribution in [0.1, 0.15) is 42.8 Å². The van der Waals surface area contributed by atoms with Gasteiger partial charge in [-0.25, -0.2) is 4.98 Å². The molecule has 2 rings (SSSR count). The third-order valence-corrected chi connectivity index (χ3v) is 4.60. The van der Waals surface area contributed by atoms with E-state index in [1.807, 2.05) is 0 Å². The van der Waals surface area contributed by atoms with Gasteiger partial charge in [0.2, 0.25) is 0 Å². The molecule has 2 atom stereocenters. The van der Waals surface area contributed by atoms with E-state index in [1.54, 1.807) is 11.3 Å². The van der Waals surface area contributed by atoms with Crippen LogP contribution in [0.25, 0.3) is 0 Å². The fraction of sp³-hybridized carbons (Fsp3) is 0.750. The zero-order valence-electron chi connectivity index (χ0n) is 9.21. The van der Waals surface area contributed by atoms with E-state index in [4.69, 9.17) is 11.6 Å². The molecule has 1 aromatic heterocycles. The molecule has 15 heavy (non-hydrogen) atoms. The molecule has 1 heterocycles. The van der Waals surface area contributed by atoms with Crippen LogP contribution >= 0.6 is 22.9 Å². The van der Waals surface area contributed by atoms with Crippen molar-refractivity contribution in [1.82, 2.24) is 4.98 Å². The highest BCUT2D eigenvalue weighted by Gasteiger charge is 2.22. The minimum atomic E-state index is 0.370. The number of hydrogen-bond donors (Lipinski definition) is 0. The first-order valence-electron chi connectivity index (χ1n) is 5.81. The lowest BCUT2D eigenvalue weighted by molar-refractivity contribution is 0.461. The van der Waals surface area contributed by atoms with Crippen molar-refractivity contribution in [1.29, 1.82) is 0 Å². The molecule has 0 amide bonds. The maximum atomic E-state index is 6.42. The van der Waals surface area contributed by atoms with Crippen molar-refractivity contribution in [3.8, 4) is 0 Å². The van der Waals surface area contributed by atoms with Crippen LogP contribution in [0, 0.1) is 12.8 Å².